The maximum absolute atomic E-state index is 12.0. The Morgan fingerprint density at radius 3 is 2.50 bits per heavy atom. The van der Waals surface area contributed by atoms with Crippen LogP contribution in [0.2, 0.25) is 0 Å². The van der Waals surface area contributed by atoms with Crippen molar-refractivity contribution in [3.8, 4) is 0 Å². The smallest absolute Gasteiger partial charge is 0.337 e. The maximum atomic E-state index is 12.0. The lowest BCUT2D eigenvalue weighted by atomic mass is 9.88. The summed E-state index contributed by atoms with van der Waals surface area (Å²) in [5.41, 5.74) is -0.352. The van der Waals surface area contributed by atoms with Gasteiger partial charge in [-0.3, -0.25) is 0 Å². The highest BCUT2D eigenvalue weighted by atomic mass is 16.6. The molecule has 0 N–H and O–H groups in total. The fraction of sp³-hybridized carbons (Fsp3) is 0.538. The van der Waals surface area contributed by atoms with Crippen molar-refractivity contribution in [2.24, 2.45) is 0 Å². The van der Waals surface area contributed by atoms with Gasteiger partial charge in [0.2, 0.25) is 0 Å². The first-order valence-electron chi connectivity index (χ1n) is 5.99. The predicted octanol–water partition coefficient (Wildman–Crippen LogP) is 1.14. The van der Waals surface area contributed by atoms with E-state index in [9.17, 15) is 9.59 Å². The van der Waals surface area contributed by atoms with Crippen molar-refractivity contribution in [1.82, 2.24) is 0 Å². The van der Waals surface area contributed by atoms with Crippen molar-refractivity contribution in [1.29, 1.82) is 0 Å². The molecule has 2 bridgehead atoms. The fourth-order valence-electron chi connectivity index (χ4n) is 2.26. The first-order valence-corrected chi connectivity index (χ1v) is 5.99. The van der Waals surface area contributed by atoms with E-state index in [0.29, 0.717) is 0 Å². The monoisotopic (exact) mass is 252 g/mol. The van der Waals surface area contributed by atoms with E-state index >= 15 is 0 Å². The Morgan fingerprint density at radius 1 is 1.28 bits per heavy atom. The Balaban J connectivity index is 2.39. The molecule has 5 nitrogen and oxygen atoms in total. The summed E-state index contributed by atoms with van der Waals surface area (Å²) in [6.45, 7) is 5.68. The molecule has 98 valence electrons. The van der Waals surface area contributed by atoms with Crippen LogP contribution in [0.1, 0.15) is 20.8 Å². The Bertz CT molecular complexity index is 448. The molecule has 2 heterocycles. The van der Waals surface area contributed by atoms with E-state index in [4.69, 9.17) is 14.2 Å². The third-order valence-corrected chi connectivity index (χ3v) is 2.99. The van der Waals surface area contributed by atoms with Gasteiger partial charge in [-0.2, -0.15) is 0 Å². The molecule has 0 saturated carbocycles. The van der Waals surface area contributed by atoms with Crippen LogP contribution in [-0.2, 0) is 23.8 Å². The Morgan fingerprint density at radius 2 is 1.89 bits per heavy atom. The summed E-state index contributed by atoms with van der Waals surface area (Å²) >= 11 is 0. The van der Waals surface area contributed by atoms with Crippen molar-refractivity contribution in [3.63, 3.8) is 0 Å². The molecule has 0 aromatic heterocycles. The van der Waals surface area contributed by atoms with Gasteiger partial charge in [-0.1, -0.05) is 6.08 Å². The molecule has 5 heteroatoms. The van der Waals surface area contributed by atoms with Crippen LogP contribution in [0.3, 0.4) is 0 Å². The first-order chi connectivity index (χ1) is 8.53. The highest BCUT2D eigenvalue weighted by Crippen LogP contribution is 2.43. The fourth-order valence-corrected chi connectivity index (χ4v) is 2.26. The van der Waals surface area contributed by atoms with Crippen LogP contribution in [0.4, 0.5) is 0 Å². The second-order valence-electron chi connectivity index (χ2n) is 4.23. The second kappa shape index (κ2) is 4.57. The molecule has 0 spiro atoms. The summed E-state index contributed by atoms with van der Waals surface area (Å²) in [7, 11) is 0. The zero-order valence-electron chi connectivity index (χ0n) is 10.7. The molecule has 2 atom stereocenters. The van der Waals surface area contributed by atoms with Crippen molar-refractivity contribution in [2.45, 2.75) is 32.5 Å². The number of hydrogen-bond donors (Lipinski definition) is 0. The third kappa shape index (κ3) is 1.84. The Kier molecular flexibility index (Phi) is 3.26. The average Bonchev–Trinajstić information content (AvgIpc) is 2.82. The van der Waals surface area contributed by atoms with E-state index in [2.05, 4.69) is 0 Å². The zero-order chi connectivity index (χ0) is 13.3. The van der Waals surface area contributed by atoms with Gasteiger partial charge >= 0.3 is 11.9 Å². The van der Waals surface area contributed by atoms with Crippen LogP contribution in [0, 0.1) is 0 Å². The number of fused-ring (bicyclic) bond motifs is 2. The molecule has 0 aliphatic carbocycles. The Labute approximate surface area is 105 Å². The van der Waals surface area contributed by atoms with E-state index in [-0.39, 0.29) is 24.4 Å². The summed E-state index contributed by atoms with van der Waals surface area (Å²) in [5.74, 6) is -1.03. The molecule has 0 amide bonds. The van der Waals surface area contributed by atoms with Crippen LogP contribution in [0.5, 0.6) is 0 Å². The highest BCUT2D eigenvalue weighted by molar-refractivity contribution is 6.04. The maximum Gasteiger partial charge on any atom is 0.337 e. The molecule has 0 aromatic carbocycles. The first kappa shape index (κ1) is 12.8. The van der Waals surface area contributed by atoms with Gasteiger partial charge in [-0.15, -0.1) is 0 Å². The zero-order valence-corrected chi connectivity index (χ0v) is 10.7. The lowest BCUT2D eigenvalue weighted by molar-refractivity contribution is -0.142. The normalized spacial score (nSPS) is 28.7. The van der Waals surface area contributed by atoms with Crippen LogP contribution in [0.15, 0.2) is 23.3 Å². The van der Waals surface area contributed by atoms with Gasteiger partial charge in [-0.05, 0) is 26.8 Å². The molecule has 0 radical (unpaired) electrons. The number of ether oxygens (including phenoxy) is 3. The molecule has 0 fully saturated rings. The van der Waals surface area contributed by atoms with E-state index in [1.165, 1.54) is 0 Å². The number of hydrogen-bond acceptors (Lipinski definition) is 5. The van der Waals surface area contributed by atoms with Crippen LogP contribution >= 0.6 is 0 Å². The van der Waals surface area contributed by atoms with Gasteiger partial charge in [0.25, 0.3) is 0 Å². The van der Waals surface area contributed by atoms with Gasteiger partial charge in [-0.25, -0.2) is 9.59 Å². The number of esters is 2. The van der Waals surface area contributed by atoms with Crippen LogP contribution in [-0.4, -0.2) is 36.9 Å². The molecule has 18 heavy (non-hydrogen) atoms. The van der Waals surface area contributed by atoms with Crippen molar-refractivity contribution in [3.05, 3.63) is 23.3 Å². The van der Waals surface area contributed by atoms with Gasteiger partial charge in [0.05, 0.1) is 24.4 Å². The van der Waals surface area contributed by atoms with Gasteiger partial charge in [0, 0.05) is 0 Å². The number of carbonyl (C=O) groups is 2. The molecular formula is C13H16O5. The van der Waals surface area contributed by atoms with Crippen LogP contribution in [0.25, 0.3) is 0 Å². The van der Waals surface area contributed by atoms with E-state index in [1.807, 2.05) is 0 Å². The van der Waals surface area contributed by atoms with Crippen molar-refractivity contribution in [2.75, 3.05) is 13.2 Å². The van der Waals surface area contributed by atoms with Gasteiger partial charge in [0.15, 0.2) is 0 Å². The molecule has 0 saturated heterocycles. The molecule has 2 unspecified atom stereocenters. The van der Waals surface area contributed by atoms with Crippen LogP contribution < -0.4 is 0 Å². The lowest BCUT2D eigenvalue weighted by Gasteiger charge is -2.20. The van der Waals surface area contributed by atoms with Crippen molar-refractivity contribution >= 4 is 11.9 Å². The largest absolute Gasteiger partial charge is 0.463 e. The minimum absolute atomic E-state index is 0.253. The average molecular weight is 252 g/mol. The summed E-state index contributed by atoms with van der Waals surface area (Å²) in [4.78, 5) is 23.9. The van der Waals surface area contributed by atoms with Crippen molar-refractivity contribution < 1.29 is 23.8 Å². The summed E-state index contributed by atoms with van der Waals surface area (Å²) in [6.07, 6.45) is 3.02. The molecule has 2 rings (SSSR count). The minimum atomic E-state index is -0.876. The van der Waals surface area contributed by atoms with Gasteiger partial charge in [0.1, 0.15) is 11.7 Å². The quantitative estimate of drug-likeness (QED) is 0.554. The molecule has 2 aliphatic heterocycles. The predicted molar refractivity (Wildman–Crippen MR) is 62.7 cm³/mol. The molecule has 2 aliphatic rings. The minimum Gasteiger partial charge on any atom is -0.463 e. The summed E-state index contributed by atoms with van der Waals surface area (Å²) in [6, 6.07) is 0. The van der Waals surface area contributed by atoms with E-state index in [0.717, 1.165) is 0 Å². The molecular weight excluding hydrogens is 236 g/mol. The second-order valence-corrected chi connectivity index (χ2v) is 4.23. The van der Waals surface area contributed by atoms with E-state index < -0.39 is 23.6 Å². The van der Waals surface area contributed by atoms with Gasteiger partial charge < -0.3 is 14.2 Å². The SMILES string of the molecule is CCOC(=O)C1=C(C(=O)OCC)C2(C)C=CC1O2. The third-order valence-electron chi connectivity index (χ3n) is 2.99. The molecule has 0 aromatic rings. The number of carbonyl (C=O) groups excluding carboxylic acids is 2. The standard InChI is InChI=1S/C13H16O5/c1-4-16-11(14)9-8-6-7-13(3,18-8)10(9)12(15)17-5-2/h6-8H,4-5H2,1-3H3. The number of rotatable bonds is 4. The summed E-state index contributed by atoms with van der Waals surface area (Å²) < 4.78 is 15.6. The Hall–Kier alpha value is -1.62. The lowest BCUT2D eigenvalue weighted by Crippen LogP contribution is -2.29. The highest BCUT2D eigenvalue weighted by Gasteiger charge is 2.51. The van der Waals surface area contributed by atoms with E-state index in [1.54, 1.807) is 32.9 Å². The topological polar surface area (TPSA) is 61.8 Å². The summed E-state index contributed by atoms with van der Waals surface area (Å²) in [5, 5.41) is 0.